The minimum atomic E-state index is -0.940. The Hall–Kier alpha value is -2.92. The summed E-state index contributed by atoms with van der Waals surface area (Å²) in [6.07, 6.45) is 0. The van der Waals surface area contributed by atoms with Crippen LogP contribution in [0.5, 0.6) is 0 Å². The Morgan fingerprint density at radius 2 is 1.67 bits per heavy atom. The molecule has 3 aromatic rings. The third-order valence-electron chi connectivity index (χ3n) is 4.88. The molecule has 0 fully saturated rings. The van der Waals surface area contributed by atoms with Gasteiger partial charge >= 0.3 is 5.97 Å². The first kappa shape index (κ1) is 18.9. The second kappa shape index (κ2) is 8.18. The molecule has 1 heterocycles. The van der Waals surface area contributed by atoms with Crippen LogP contribution in [0.1, 0.15) is 38.4 Å². The summed E-state index contributed by atoms with van der Waals surface area (Å²) in [4.78, 5) is 11.8. The smallest absolute Gasteiger partial charge is 0.337 e. The van der Waals surface area contributed by atoms with Crippen LogP contribution in [0.3, 0.4) is 0 Å². The van der Waals surface area contributed by atoms with Gasteiger partial charge in [-0.15, -0.1) is 0 Å². The first-order valence-electron chi connectivity index (χ1n) is 8.89. The minimum absolute atomic E-state index is 0.266. The molecule has 0 unspecified atom stereocenters. The Balaban J connectivity index is 1.84. The Morgan fingerprint density at radius 3 is 2.33 bits per heavy atom. The molecule has 0 amide bonds. The first-order valence-corrected chi connectivity index (χ1v) is 8.89. The van der Waals surface area contributed by atoms with Crippen LogP contribution in [0.15, 0.2) is 54.6 Å². The number of nitrogens with one attached hydrogen (secondary N) is 1. The van der Waals surface area contributed by atoms with Gasteiger partial charge in [0.25, 0.3) is 0 Å². The fourth-order valence-electron chi connectivity index (χ4n) is 3.42. The minimum Gasteiger partial charge on any atom is -0.478 e. The molecule has 2 N–H and O–H groups in total. The quantitative estimate of drug-likeness (QED) is 0.656. The Labute approximate surface area is 158 Å². The van der Waals surface area contributed by atoms with Crippen molar-refractivity contribution < 1.29 is 14.3 Å². The molecule has 0 aliphatic rings. The van der Waals surface area contributed by atoms with Crippen LogP contribution < -0.4 is 5.32 Å². The molecule has 0 aliphatic carbocycles. The van der Waals surface area contributed by atoms with Gasteiger partial charge in [-0.2, -0.15) is 0 Å². The average molecular weight is 366 g/mol. The molecule has 27 heavy (non-hydrogen) atoms. The van der Waals surface area contributed by atoms with Crippen LogP contribution in [-0.2, 0) is 19.6 Å². The largest absolute Gasteiger partial charge is 0.478 e. The molecule has 1 aromatic heterocycles. The number of nitrogens with zero attached hydrogens (tertiary/aromatic N) is 1. The van der Waals surface area contributed by atoms with E-state index in [0.29, 0.717) is 30.8 Å². The highest BCUT2D eigenvalue weighted by Gasteiger charge is 2.22. The van der Waals surface area contributed by atoms with E-state index < -0.39 is 5.97 Å². The SMILES string of the molecule is Cc1c(CNCc2ccccc2F)c(C(=O)O)c(C)n1Cc1ccccc1. The fraction of sp³-hybridized carbons (Fsp3) is 0.227. The lowest BCUT2D eigenvalue weighted by Gasteiger charge is -2.10. The van der Waals surface area contributed by atoms with Crippen molar-refractivity contribution in [3.05, 3.63) is 94.1 Å². The summed E-state index contributed by atoms with van der Waals surface area (Å²) in [5.74, 6) is -1.21. The normalized spacial score (nSPS) is 10.9. The number of rotatable bonds is 7. The van der Waals surface area contributed by atoms with Crippen LogP contribution in [-0.4, -0.2) is 15.6 Å². The second-order valence-corrected chi connectivity index (χ2v) is 6.60. The molecule has 0 atom stereocenters. The van der Waals surface area contributed by atoms with Crippen LogP contribution >= 0.6 is 0 Å². The van der Waals surface area contributed by atoms with Crippen molar-refractivity contribution in [1.82, 2.24) is 9.88 Å². The van der Waals surface area contributed by atoms with E-state index in [9.17, 15) is 14.3 Å². The van der Waals surface area contributed by atoms with Gasteiger partial charge in [0.05, 0.1) is 5.56 Å². The van der Waals surface area contributed by atoms with Crippen LogP contribution in [0.4, 0.5) is 4.39 Å². The van der Waals surface area contributed by atoms with E-state index in [1.165, 1.54) is 6.07 Å². The summed E-state index contributed by atoms with van der Waals surface area (Å²) in [6, 6.07) is 16.5. The first-order chi connectivity index (χ1) is 13.0. The number of carbonyl (C=O) groups is 1. The van der Waals surface area contributed by atoms with Crippen LogP contribution in [0, 0.1) is 19.7 Å². The van der Waals surface area contributed by atoms with Crippen molar-refractivity contribution in [3.8, 4) is 0 Å². The molecule has 0 aliphatic heterocycles. The van der Waals surface area contributed by atoms with Crippen LogP contribution in [0.25, 0.3) is 0 Å². The third-order valence-corrected chi connectivity index (χ3v) is 4.88. The second-order valence-electron chi connectivity index (χ2n) is 6.60. The van der Waals surface area contributed by atoms with Gasteiger partial charge in [0, 0.05) is 42.1 Å². The fourth-order valence-corrected chi connectivity index (χ4v) is 3.42. The number of hydrogen-bond donors (Lipinski definition) is 2. The standard InChI is InChI=1S/C22H23FN2O2/c1-15-19(13-24-12-18-10-6-7-11-20(18)23)21(22(26)27)16(2)25(15)14-17-8-4-3-5-9-17/h3-11,24H,12-14H2,1-2H3,(H,26,27). The van der Waals surface area contributed by atoms with Gasteiger partial charge in [0.2, 0.25) is 0 Å². The van der Waals surface area contributed by atoms with Crippen molar-refractivity contribution in [2.45, 2.75) is 33.5 Å². The summed E-state index contributed by atoms with van der Waals surface area (Å²) in [7, 11) is 0. The molecule has 0 saturated heterocycles. The maximum atomic E-state index is 13.8. The molecule has 0 bridgehead atoms. The Bertz CT molecular complexity index is 948. The van der Waals surface area contributed by atoms with E-state index >= 15 is 0 Å². The average Bonchev–Trinajstić information content (AvgIpc) is 2.89. The van der Waals surface area contributed by atoms with E-state index in [2.05, 4.69) is 5.32 Å². The monoisotopic (exact) mass is 366 g/mol. The molecule has 0 saturated carbocycles. The Kier molecular flexibility index (Phi) is 5.72. The van der Waals surface area contributed by atoms with Gasteiger partial charge in [0.15, 0.2) is 0 Å². The van der Waals surface area contributed by atoms with Gasteiger partial charge in [-0.3, -0.25) is 0 Å². The van der Waals surface area contributed by atoms with Crippen molar-refractivity contribution in [3.63, 3.8) is 0 Å². The van der Waals surface area contributed by atoms with E-state index in [1.807, 2.05) is 48.7 Å². The van der Waals surface area contributed by atoms with Gasteiger partial charge in [-0.1, -0.05) is 48.5 Å². The number of aromatic carboxylic acids is 1. The van der Waals surface area contributed by atoms with Crippen molar-refractivity contribution in [2.24, 2.45) is 0 Å². The number of carboxylic acid groups (broad SMARTS) is 1. The maximum Gasteiger partial charge on any atom is 0.337 e. The summed E-state index contributed by atoms with van der Waals surface area (Å²) in [5.41, 5.74) is 4.38. The van der Waals surface area contributed by atoms with Crippen LogP contribution in [0.2, 0.25) is 0 Å². The topological polar surface area (TPSA) is 54.3 Å². The number of hydrogen-bond acceptors (Lipinski definition) is 2. The molecule has 140 valence electrons. The highest BCUT2D eigenvalue weighted by atomic mass is 19.1. The molecule has 4 nitrogen and oxygen atoms in total. The van der Waals surface area contributed by atoms with E-state index in [4.69, 9.17) is 0 Å². The molecular formula is C22H23FN2O2. The van der Waals surface area contributed by atoms with Gasteiger partial charge in [-0.25, -0.2) is 9.18 Å². The number of carboxylic acids is 1. The van der Waals surface area contributed by atoms with Crippen molar-refractivity contribution in [2.75, 3.05) is 0 Å². The summed E-state index contributed by atoms with van der Waals surface area (Å²) >= 11 is 0. The molecule has 0 radical (unpaired) electrons. The predicted octanol–water partition coefficient (Wildman–Crippen LogP) is 4.28. The molecule has 5 heteroatoms. The Morgan fingerprint density at radius 1 is 1.00 bits per heavy atom. The highest BCUT2D eigenvalue weighted by Crippen LogP contribution is 2.24. The molecule has 2 aromatic carbocycles. The molecule has 0 spiro atoms. The number of benzene rings is 2. The van der Waals surface area contributed by atoms with Gasteiger partial charge in [0.1, 0.15) is 5.82 Å². The zero-order valence-corrected chi connectivity index (χ0v) is 15.5. The summed E-state index contributed by atoms with van der Waals surface area (Å²) in [6.45, 7) is 5.09. The van der Waals surface area contributed by atoms with E-state index in [0.717, 1.165) is 22.5 Å². The number of aromatic nitrogens is 1. The maximum absolute atomic E-state index is 13.8. The molecule has 3 rings (SSSR count). The van der Waals surface area contributed by atoms with Gasteiger partial charge < -0.3 is 15.0 Å². The highest BCUT2D eigenvalue weighted by molar-refractivity contribution is 5.91. The zero-order valence-electron chi connectivity index (χ0n) is 15.5. The summed E-state index contributed by atoms with van der Waals surface area (Å²) < 4.78 is 15.8. The van der Waals surface area contributed by atoms with E-state index in [1.54, 1.807) is 18.2 Å². The third kappa shape index (κ3) is 4.09. The predicted molar refractivity (Wildman–Crippen MR) is 103 cm³/mol. The van der Waals surface area contributed by atoms with Gasteiger partial charge in [-0.05, 0) is 25.5 Å². The number of halogens is 1. The van der Waals surface area contributed by atoms with Crippen molar-refractivity contribution in [1.29, 1.82) is 0 Å². The lowest BCUT2D eigenvalue weighted by atomic mass is 10.1. The molecular weight excluding hydrogens is 343 g/mol. The zero-order chi connectivity index (χ0) is 19.4. The lowest BCUT2D eigenvalue weighted by Crippen LogP contribution is -2.16. The summed E-state index contributed by atoms with van der Waals surface area (Å²) in [5, 5.41) is 12.9. The lowest BCUT2D eigenvalue weighted by molar-refractivity contribution is 0.0694. The van der Waals surface area contributed by atoms with Crippen molar-refractivity contribution >= 4 is 5.97 Å². The van der Waals surface area contributed by atoms with E-state index in [-0.39, 0.29) is 5.82 Å².